The third kappa shape index (κ3) is 2.97. The van der Waals surface area contributed by atoms with Gasteiger partial charge in [0.2, 0.25) is 0 Å². The van der Waals surface area contributed by atoms with Crippen molar-refractivity contribution >= 4 is 11.5 Å². The molecule has 1 N–H and O–H groups in total. The molecule has 0 aliphatic heterocycles. The Morgan fingerprint density at radius 2 is 2.11 bits per heavy atom. The molecule has 0 aliphatic rings. The first-order valence-electron chi connectivity index (χ1n) is 5.78. The molecule has 2 aromatic rings. The molecule has 0 bridgehead atoms. The van der Waals surface area contributed by atoms with Gasteiger partial charge in [0.25, 0.3) is 0 Å². The molecule has 18 heavy (non-hydrogen) atoms. The van der Waals surface area contributed by atoms with Crippen LogP contribution in [0.2, 0.25) is 0 Å². The van der Waals surface area contributed by atoms with Gasteiger partial charge in [0, 0.05) is 32.5 Å². The summed E-state index contributed by atoms with van der Waals surface area (Å²) in [6.45, 7) is 0.709. The average molecular weight is 245 g/mol. The second kappa shape index (κ2) is 5.49. The monoisotopic (exact) mass is 245 g/mol. The van der Waals surface area contributed by atoms with E-state index in [-0.39, 0.29) is 5.82 Å². The highest BCUT2D eigenvalue weighted by Gasteiger charge is 2.04. The molecule has 0 saturated carbocycles. The van der Waals surface area contributed by atoms with Crippen molar-refractivity contribution in [1.82, 2.24) is 4.98 Å². The van der Waals surface area contributed by atoms with Crippen LogP contribution in [-0.4, -0.2) is 19.1 Å². The standard InChI is InChI=1S/C14H16FN3/c1-16-14-8-11(6-7-17-14)10-18(2)13-5-3-4-12(15)9-13/h3-9H,10H2,1-2H3,(H,16,17). The minimum atomic E-state index is -0.218. The van der Waals surface area contributed by atoms with Crippen LogP contribution in [0.15, 0.2) is 42.6 Å². The molecule has 0 radical (unpaired) electrons. The summed E-state index contributed by atoms with van der Waals surface area (Å²) in [5, 5.41) is 3.00. The minimum absolute atomic E-state index is 0.218. The molecule has 0 amide bonds. The number of rotatable bonds is 4. The number of pyridine rings is 1. The second-order valence-corrected chi connectivity index (χ2v) is 4.14. The summed E-state index contributed by atoms with van der Waals surface area (Å²) in [4.78, 5) is 6.16. The molecule has 94 valence electrons. The van der Waals surface area contributed by atoms with Crippen LogP contribution in [0, 0.1) is 5.82 Å². The van der Waals surface area contributed by atoms with Crippen molar-refractivity contribution in [3.8, 4) is 0 Å². The van der Waals surface area contributed by atoms with Gasteiger partial charge >= 0.3 is 0 Å². The summed E-state index contributed by atoms with van der Waals surface area (Å²) >= 11 is 0. The molecule has 0 spiro atoms. The zero-order valence-corrected chi connectivity index (χ0v) is 10.5. The molecular formula is C14H16FN3. The van der Waals surface area contributed by atoms with E-state index in [1.54, 1.807) is 12.3 Å². The molecule has 0 saturated heterocycles. The largest absolute Gasteiger partial charge is 0.373 e. The van der Waals surface area contributed by atoms with Gasteiger partial charge < -0.3 is 10.2 Å². The normalized spacial score (nSPS) is 10.2. The lowest BCUT2D eigenvalue weighted by molar-refractivity contribution is 0.627. The van der Waals surface area contributed by atoms with E-state index >= 15 is 0 Å². The van der Waals surface area contributed by atoms with E-state index in [2.05, 4.69) is 10.3 Å². The van der Waals surface area contributed by atoms with Gasteiger partial charge in [-0.1, -0.05) is 6.07 Å². The average Bonchev–Trinajstić information content (AvgIpc) is 2.39. The number of hydrogen-bond donors (Lipinski definition) is 1. The third-order valence-electron chi connectivity index (χ3n) is 2.75. The highest BCUT2D eigenvalue weighted by molar-refractivity contribution is 5.47. The van der Waals surface area contributed by atoms with Crippen LogP contribution in [0.1, 0.15) is 5.56 Å². The van der Waals surface area contributed by atoms with Gasteiger partial charge in [-0.2, -0.15) is 0 Å². The van der Waals surface area contributed by atoms with Crippen molar-refractivity contribution < 1.29 is 4.39 Å². The molecule has 1 aromatic heterocycles. The van der Waals surface area contributed by atoms with Crippen molar-refractivity contribution in [2.75, 3.05) is 24.3 Å². The van der Waals surface area contributed by atoms with Gasteiger partial charge in [0.15, 0.2) is 0 Å². The first kappa shape index (κ1) is 12.4. The summed E-state index contributed by atoms with van der Waals surface area (Å²) in [5.41, 5.74) is 1.99. The molecule has 1 aromatic carbocycles. The Morgan fingerprint density at radius 1 is 1.28 bits per heavy atom. The van der Waals surface area contributed by atoms with Crippen LogP contribution in [0.4, 0.5) is 15.9 Å². The highest BCUT2D eigenvalue weighted by Crippen LogP contribution is 2.17. The molecule has 0 aliphatic carbocycles. The van der Waals surface area contributed by atoms with Gasteiger partial charge in [0.1, 0.15) is 11.6 Å². The maximum atomic E-state index is 13.1. The van der Waals surface area contributed by atoms with Crippen molar-refractivity contribution in [2.24, 2.45) is 0 Å². The predicted octanol–water partition coefficient (Wildman–Crippen LogP) is 2.90. The zero-order chi connectivity index (χ0) is 13.0. The van der Waals surface area contributed by atoms with Gasteiger partial charge in [-0.05, 0) is 35.9 Å². The summed E-state index contributed by atoms with van der Waals surface area (Å²) in [5.74, 6) is 0.616. The molecule has 4 heteroatoms. The van der Waals surface area contributed by atoms with Crippen molar-refractivity contribution in [2.45, 2.75) is 6.54 Å². The number of aromatic nitrogens is 1. The van der Waals surface area contributed by atoms with Crippen molar-refractivity contribution in [3.63, 3.8) is 0 Å². The minimum Gasteiger partial charge on any atom is -0.373 e. The molecule has 3 nitrogen and oxygen atoms in total. The maximum Gasteiger partial charge on any atom is 0.125 e. The van der Waals surface area contributed by atoms with E-state index in [4.69, 9.17) is 0 Å². The fraction of sp³-hybridized carbons (Fsp3) is 0.214. The highest BCUT2D eigenvalue weighted by atomic mass is 19.1. The predicted molar refractivity (Wildman–Crippen MR) is 72.3 cm³/mol. The summed E-state index contributed by atoms with van der Waals surface area (Å²) in [7, 11) is 3.77. The Hall–Kier alpha value is -2.10. The summed E-state index contributed by atoms with van der Waals surface area (Å²) in [6.07, 6.45) is 1.76. The Kier molecular flexibility index (Phi) is 3.77. The SMILES string of the molecule is CNc1cc(CN(C)c2cccc(F)c2)ccn1. The van der Waals surface area contributed by atoms with Crippen molar-refractivity contribution in [1.29, 1.82) is 0 Å². The van der Waals surface area contributed by atoms with Gasteiger partial charge in [-0.3, -0.25) is 0 Å². The molecule has 0 unspecified atom stereocenters. The zero-order valence-electron chi connectivity index (χ0n) is 10.5. The number of halogens is 1. The Balaban J connectivity index is 2.13. The molecule has 1 heterocycles. The van der Waals surface area contributed by atoms with E-state index in [1.165, 1.54) is 12.1 Å². The van der Waals surface area contributed by atoms with E-state index < -0.39 is 0 Å². The fourth-order valence-electron chi connectivity index (χ4n) is 1.79. The van der Waals surface area contributed by atoms with Crippen LogP contribution in [0.25, 0.3) is 0 Å². The third-order valence-corrected chi connectivity index (χ3v) is 2.75. The number of hydrogen-bond acceptors (Lipinski definition) is 3. The lowest BCUT2D eigenvalue weighted by Gasteiger charge is -2.19. The number of nitrogens with one attached hydrogen (secondary N) is 1. The van der Waals surface area contributed by atoms with E-state index in [1.807, 2.05) is 37.2 Å². The van der Waals surface area contributed by atoms with Crippen LogP contribution >= 0.6 is 0 Å². The first-order chi connectivity index (χ1) is 8.69. The number of nitrogens with zero attached hydrogens (tertiary/aromatic N) is 2. The Bertz CT molecular complexity index is 528. The smallest absolute Gasteiger partial charge is 0.125 e. The number of anilines is 2. The maximum absolute atomic E-state index is 13.1. The van der Waals surface area contributed by atoms with Crippen LogP contribution in [0.3, 0.4) is 0 Å². The lowest BCUT2D eigenvalue weighted by atomic mass is 10.2. The van der Waals surface area contributed by atoms with Gasteiger partial charge in [0.05, 0.1) is 0 Å². The first-order valence-corrected chi connectivity index (χ1v) is 5.78. The van der Waals surface area contributed by atoms with Crippen molar-refractivity contribution in [3.05, 3.63) is 54.0 Å². The lowest BCUT2D eigenvalue weighted by Crippen LogP contribution is -2.16. The molecule has 2 rings (SSSR count). The molecule has 0 atom stereocenters. The van der Waals surface area contributed by atoms with Crippen LogP contribution in [-0.2, 0) is 6.54 Å². The van der Waals surface area contributed by atoms with Crippen LogP contribution < -0.4 is 10.2 Å². The Labute approximate surface area is 106 Å². The quantitative estimate of drug-likeness (QED) is 0.897. The summed E-state index contributed by atoms with van der Waals surface area (Å²) < 4.78 is 13.1. The number of benzene rings is 1. The second-order valence-electron chi connectivity index (χ2n) is 4.14. The molecular weight excluding hydrogens is 229 g/mol. The van der Waals surface area contributed by atoms with E-state index in [0.717, 1.165) is 17.1 Å². The van der Waals surface area contributed by atoms with Gasteiger partial charge in [-0.15, -0.1) is 0 Å². The van der Waals surface area contributed by atoms with Gasteiger partial charge in [-0.25, -0.2) is 9.37 Å². The van der Waals surface area contributed by atoms with Crippen LogP contribution in [0.5, 0.6) is 0 Å². The molecule has 0 fully saturated rings. The topological polar surface area (TPSA) is 28.2 Å². The van der Waals surface area contributed by atoms with E-state index in [9.17, 15) is 4.39 Å². The summed E-state index contributed by atoms with van der Waals surface area (Å²) in [6, 6.07) is 10.5. The van der Waals surface area contributed by atoms with E-state index in [0.29, 0.717) is 6.54 Å². The Morgan fingerprint density at radius 3 is 2.83 bits per heavy atom. The fourth-order valence-corrected chi connectivity index (χ4v) is 1.79.